The zero-order valence-corrected chi connectivity index (χ0v) is 8.49. The summed E-state index contributed by atoms with van der Waals surface area (Å²) in [6.07, 6.45) is 0. The standard InChI is InChI=1S/C9H22N2/c1-8(2,3)7-11-9(4,5)6-10/h11H,6-7,10H2,1-5H3. The average molecular weight is 158 g/mol. The van der Waals surface area contributed by atoms with Crippen LogP contribution in [0.4, 0.5) is 0 Å². The molecule has 0 atom stereocenters. The van der Waals surface area contributed by atoms with Gasteiger partial charge in [-0.3, -0.25) is 0 Å². The Labute approximate surface area is 70.5 Å². The molecule has 0 saturated carbocycles. The van der Waals surface area contributed by atoms with Crippen LogP contribution in [-0.4, -0.2) is 18.6 Å². The molecule has 0 aliphatic rings. The fraction of sp³-hybridized carbons (Fsp3) is 1.00. The molecule has 2 heteroatoms. The van der Waals surface area contributed by atoms with Crippen molar-refractivity contribution in [1.29, 1.82) is 0 Å². The van der Waals surface area contributed by atoms with Gasteiger partial charge in [0.15, 0.2) is 0 Å². The second-order valence-electron chi connectivity index (χ2n) is 5.00. The zero-order valence-electron chi connectivity index (χ0n) is 8.49. The molecule has 0 aromatic heterocycles. The molecular weight excluding hydrogens is 136 g/mol. The highest BCUT2D eigenvalue weighted by molar-refractivity contribution is 4.80. The third kappa shape index (κ3) is 6.32. The first-order valence-electron chi connectivity index (χ1n) is 4.22. The molecule has 0 aliphatic carbocycles. The molecule has 0 rings (SSSR count). The van der Waals surface area contributed by atoms with Crippen LogP contribution in [-0.2, 0) is 0 Å². The lowest BCUT2D eigenvalue weighted by molar-refractivity contribution is 0.304. The van der Waals surface area contributed by atoms with E-state index in [0.717, 1.165) is 6.54 Å². The monoisotopic (exact) mass is 158 g/mol. The van der Waals surface area contributed by atoms with Crippen molar-refractivity contribution in [2.45, 2.75) is 40.2 Å². The summed E-state index contributed by atoms with van der Waals surface area (Å²) in [4.78, 5) is 0. The van der Waals surface area contributed by atoms with E-state index in [-0.39, 0.29) is 5.54 Å². The number of nitrogens with two attached hydrogens (primary N) is 1. The topological polar surface area (TPSA) is 38.0 Å². The molecule has 2 nitrogen and oxygen atoms in total. The fourth-order valence-electron chi connectivity index (χ4n) is 0.577. The van der Waals surface area contributed by atoms with Crippen LogP contribution in [0.25, 0.3) is 0 Å². The number of rotatable bonds is 3. The Kier molecular flexibility index (Phi) is 3.52. The third-order valence-corrected chi connectivity index (χ3v) is 1.61. The Morgan fingerprint density at radius 3 is 1.82 bits per heavy atom. The zero-order chi connectivity index (χ0) is 9.12. The minimum Gasteiger partial charge on any atom is -0.329 e. The van der Waals surface area contributed by atoms with E-state index in [4.69, 9.17) is 5.73 Å². The van der Waals surface area contributed by atoms with E-state index in [0.29, 0.717) is 12.0 Å². The summed E-state index contributed by atoms with van der Waals surface area (Å²) in [5.41, 5.74) is 5.99. The highest BCUT2D eigenvalue weighted by Crippen LogP contribution is 2.12. The van der Waals surface area contributed by atoms with Gasteiger partial charge in [0.05, 0.1) is 0 Å². The smallest absolute Gasteiger partial charge is 0.0247 e. The first-order chi connectivity index (χ1) is 4.77. The average Bonchev–Trinajstić information content (AvgIpc) is 1.83. The van der Waals surface area contributed by atoms with Crippen molar-refractivity contribution in [3.8, 4) is 0 Å². The van der Waals surface area contributed by atoms with Gasteiger partial charge < -0.3 is 11.1 Å². The molecule has 11 heavy (non-hydrogen) atoms. The molecule has 0 unspecified atom stereocenters. The first-order valence-corrected chi connectivity index (χ1v) is 4.22. The van der Waals surface area contributed by atoms with Gasteiger partial charge in [0, 0.05) is 18.6 Å². The maximum atomic E-state index is 5.57. The summed E-state index contributed by atoms with van der Waals surface area (Å²) in [6, 6.07) is 0. The van der Waals surface area contributed by atoms with Crippen LogP contribution in [0.2, 0.25) is 0 Å². The molecule has 0 aliphatic heterocycles. The summed E-state index contributed by atoms with van der Waals surface area (Å²) in [6.45, 7) is 12.6. The number of hydrogen-bond acceptors (Lipinski definition) is 2. The van der Waals surface area contributed by atoms with E-state index >= 15 is 0 Å². The molecule has 0 saturated heterocycles. The predicted molar refractivity (Wildman–Crippen MR) is 50.6 cm³/mol. The summed E-state index contributed by atoms with van der Waals surface area (Å²) < 4.78 is 0. The maximum absolute atomic E-state index is 5.57. The molecule has 0 radical (unpaired) electrons. The van der Waals surface area contributed by atoms with Gasteiger partial charge in [-0.15, -0.1) is 0 Å². The fourth-order valence-corrected chi connectivity index (χ4v) is 0.577. The molecule has 0 spiro atoms. The predicted octanol–water partition coefficient (Wildman–Crippen LogP) is 1.36. The van der Waals surface area contributed by atoms with Crippen molar-refractivity contribution in [2.75, 3.05) is 13.1 Å². The van der Waals surface area contributed by atoms with Crippen molar-refractivity contribution in [3.05, 3.63) is 0 Å². The highest BCUT2D eigenvalue weighted by Gasteiger charge is 2.18. The van der Waals surface area contributed by atoms with Gasteiger partial charge in [-0.2, -0.15) is 0 Å². The minimum absolute atomic E-state index is 0.0767. The lowest BCUT2D eigenvalue weighted by Gasteiger charge is -2.29. The minimum atomic E-state index is 0.0767. The Morgan fingerprint density at radius 1 is 1.09 bits per heavy atom. The van der Waals surface area contributed by atoms with Crippen LogP contribution in [0.1, 0.15) is 34.6 Å². The molecule has 68 valence electrons. The Morgan fingerprint density at radius 2 is 1.55 bits per heavy atom. The third-order valence-electron chi connectivity index (χ3n) is 1.61. The van der Waals surface area contributed by atoms with Crippen molar-refractivity contribution < 1.29 is 0 Å². The lowest BCUT2D eigenvalue weighted by Crippen LogP contribution is -2.48. The Balaban J connectivity index is 3.70. The van der Waals surface area contributed by atoms with Crippen molar-refractivity contribution >= 4 is 0 Å². The van der Waals surface area contributed by atoms with Crippen LogP contribution in [0.5, 0.6) is 0 Å². The normalized spacial score (nSPS) is 13.6. The van der Waals surface area contributed by atoms with E-state index in [2.05, 4.69) is 39.9 Å². The summed E-state index contributed by atoms with van der Waals surface area (Å²) in [5.74, 6) is 0. The molecule has 0 heterocycles. The quantitative estimate of drug-likeness (QED) is 0.651. The summed E-state index contributed by atoms with van der Waals surface area (Å²) in [7, 11) is 0. The maximum Gasteiger partial charge on any atom is 0.0247 e. The van der Waals surface area contributed by atoms with Crippen molar-refractivity contribution in [1.82, 2.24) is 5.32 Å². The number of nitrogens with one attached hydrogen (secondary N) is 1. The van der Waals surface area contributed by atoms with Gasteiger partial charge in [-0.25, -0.2) is 0 Å². The van der Waals surface area contributed by atoms with Crippen molar-refractivity contribution in [3.63, 3.8) is 0 Å². The van der Waals surface area contributed by atoms with Gasteiger partial charge in [0.2, 0.25) is 0 Å². The van der Waals surface area contributed by atoms with Crippen molar-refractivity contribution in [2.24, 2.45) is 11.1 Å². The summed E-state index contributed by atoms with van der Waals surface area (Å²) >= 11 is 0. The van der Waals surface area contributed by atoms with E-state index in [1.165, 1.54) is 0 Å². The summed E-state index contributed by atoms with van der Waals surface area (Å²) in [5, 5.41) is 3.42. The Bertz CT molecular complexity index is 111. The molecule has 0 aromatic carbocycles. The second-order valence-corrected chi connectivity index (χ2v) is 5.00. The largest absolute Gasteiger partial charge is 0.329 e. The van der Waals surface area contributed by atoms with Gasteiger partial charge in [-0.1, -0.05) is 20.8 Å². The molecule has 0 aromatic rings. The van der Waals surface area contributed by atoms with Crippen LogP contribution in [0, 0.1) is 5.41 Å². The SMILES string of the molecule is CC(C)(C)CNC(C)(C)CN. The van der Waals surface area contributed by atoms with Gasteiger partial charge in [0.1, 0.15) is 0 Å². The number of hydrogen-bond donors (Lipinski definition) is 2. The molecule has 3 N–H and O–H groups in total. The first kappa shape index (κ1) is 10.9. The van der Waals surface area contributed by atoms with E-state index in [9.17, 15) is 0 Å². The van der Waals surface area contributed by atoms with Crippen LogP contribution < -0.4 is 11.1 Å². The molecule has 0 bridgehead atoms. The second kappa shape index (κ2) is 3.55. The van der Waals surface area contributed by atoms with Gasteiger partial charge in [0.25, 0.3) is 0 Å². The van der Waals surface area contributed by atoms with Crippen LogP contribution in [0.3, 0.4) is 0 Å². The van der Waals surface area contributed by atoms with Crippen LogP contribution in [0.15, 0.2) is 0 Å². The van der Waals surface area contributed by atoms with Gasteiger partial charge in [-0.05, 0) is 19.3 Å². The van der Waals surface area contributed by atoms with Gasteiger partial charge >= 0.3 is 0 Å². The van der Waals surface area contributed by atoms with E-state index in [1.54, 1.807) is 0 Å². The van der Waals surface area contributed by atoms with E-state index < -0.39 is 0 Å². The Hall–Kier alpha value is -0.0800. The molecule has 0 fully saturated rings. The highest BCUT2D eigenvalue weighted by atomic mass is 15.0. The van der Waals surface area contributed by atoms with E-state index in [1.807, 2.05) is 0 Å². The van der Waals surface area contributed by atoms with Crippen LogP contribution >= 0.6 is 0 Å². The lowest BCUT2D eigenvalue weighted by atomic mass is 9.94. The molecule has 0 amide bonds. The molecular formula is C9H22N2.